The van der Waals surface area contributed by atoms with Gasteiger partial charge in [0, 0.05) is 44.5 Å². The predicted octanol–water partition coefficient (Wildman–Crippen LogP) is 2.83. The fourth-order valence-corrected chi connectivity index (χ4v) is 3.05. The Labute approximate surface area is 130 Å². The zero-order valence-electron chi connectivity index (χ0n) is 13.9. The standard InChI is InChI=1S/C18H31N3/c1-4-17(15-19-14-16(2)3)20-10-12-21(13-11-20)18-8-6-5-7-9-18/h5-9,16-17,19H,4,10-15H2,1-3H3. The van der Waals surface area contributed by atoms with Crippen LogP contribution in [0.15, 0.2) is 30.3 Å². The molecule has 1 N–H and O–H groups in total. The van der Waals surface area contributed by atoms with Crippen LogP contribution in [0.2, 0.25) is 0 Å². The highest BCUT2D eigenvalue weighted by molar-refractivity contribution is 5.46. The largest absolute Gasteiger partial charge is 0.369 e. The number of anilines is 1. The van der Waals surface area contributed by atoms with Gasteiger partial charge in [-0.15, -0.1) is 0 Å². The van der Waals surface area contributed by atoms with Crippen LogP contribution >= 0.6 is 0 Å². The number of para-hydroxylation sites is 1. The zero-order chi connectivity index (χ0) is 15.1. The van der Waals surface area contributed by atoms with E-state index in [-0.39, 0.29) is 0 Å². The van der Waals surface area contributed by atoms with Crippen LogP contribution < -0.4 is 10.2 Å². The van der Waals surface area contributed by atoms with Crippen LogP contribution in [0.4, 0.5) is 5.69 Å². The molecule has 1 aromatic rings. The van der Waals surface area contributed by atoms with Crippen molar-refractivity contribution in [2.24, 2.45) is 5.92 Å². The number of hydrogen-bond acceptors (Lipinski definition) is 3. The molecule has 2 rings (SSSR count). The average Bonchev–Trinajstić information content (AvgIpc) is 2.52. The van der Waals surface area contributed by atoms with Gasteiger partial charge >= 0.3 is 0 Å². The van der Waals surface area contributed by atoms with Crippen molar-refractivity contribution < 1.29 is 0 Å². The molecule has 21 heavy (non-hydrogen) atoms. The topological polar surface area (TPSA) is 18.5 Å². The lowest BCUT2D eigenvalue weighted by molar-refractivity contribution is 0.175. The van der Waals surface area contributed by atoms with Gasteiger partial charge in [0.1, 0.15) is 0 Å². The Bertz CT molecular complexity index is 383. The highest BCUT2D eigenvalue weighted by Gasteiger charge is 2.22. The predicted molar refractivity (Wildman–Crippen MR) is 92.0 cm³/mol. The van der Waals surface area contributed by atoms with E-state index >= 15 is 0 Å². The van der Waals surface area contributed by atoms with Crippen LogP contribution in [0.5, 0.6) is 0 Å². The van der Waals surface area contributed by atoms with E-state index < -0.39 is 0 Å². The van der Waals surface area contributed by atoms with Crippen LogP contribution in [0.1, 0.15) is 27.2 Å². The SMILES string of the molecule is CCC(CNCC(C)C)N1CCN(c2ccccc2)CC1. The van der Waals surface area contributed by atoms with E-state index in [0.717, 1.165) is 32.1 Å². The molecular weight excluding hydrogens is 258 g/mol. The van der Waals surface area contributed by atoms with Gasteiger partial charge in [0.05, 0.1) is 0 Å². The van der Waals surface area contributed by atoms with Crippen molar-refractivity contribution in [3.05, 3.63) is 30.3 Å². The number of hydrogen-bond donors (Lipinski definition) is 1. The van der Waals surface area contributed by atoms with Gasteiger partial charge in [0.2, 0.25) is 0 Å². The molecule has 0 aliphatic carbocycles. The fourth-order valence-electron chi connectivity index (χ4n) is 3.05. The van der Waals surface area contributed by atoms with E-state index in [4.69, 9.17) is 0 Å². The molecule has 0 amide bonds. The summed E-state index contributed by atoms with van der Waals surface area (Å²) >= 11 is 0. The molecule has 0 saturated carbocycles. The van der Waals surface area contributed by atoms with E-state index in [0.29, 0.717) is 6.04 Å². The van der Waals surface area contributed by atoms with Gasteiger partial charge in [-0.2, -0.15) is 0 Å². The van der Waals surface area contributed by atoms with Crippen molar-refractivity contribution in [3.8, 4) is 0 Å². The van der Waals surface area contributed by atoms with Crippen LogP contribution in [-0.2, 0) is 0 Å². The molecule has 0 bridgehead atoms. The summed E-state index contributed by atoms with van der Waals surface area (Å²) in [5.74, 6) is 0.734. The number of piperazine rings is 1. The third-order valence-electron chi connectivity index (χ3n) is 4.36. The maximum Gasteiger partial charge on any atom is 0.0367 e. The molecule has 3 nitrogen and oxygen atoms in total. The van der Waals surface area contributed by atoms with E-state index in [9.17, 15) is 0 Å². The van der Waals surface area contributed by atoms with Crippen LogP contribution in [0.3, 0.4) is 0 Å². The summed E-state index contributed by atoms with van der Waals surface area (Å²) in [6, 6.07) is 11.5. The molecule has 1 aromatic carbocycles. The number of nitrogens with one attached hydrogen (secondary N) is 1. The van der Waals surface area contributed by atoms with Gasteiger partial charge in [0.15, 0.2) is 0 Å². The highest BCUT2D eigenvalue weighted by atomic mass is 15.3. The lowest BCUT2D eigenvalue weighted by Crippen LogP contribution is -2.53. The molecule has 3 heteroatoms. The van der Waals surface area contributed by atoms with Crippen molar-refractivity contribution in [1.82, 2.24) is 10.2 Å². The molecule has 1 heterocycles. The summed E-state index contributed by atoms with van der Waals surface area (Å²) in [5, 5.41) is 3.62. The highest BCUT2D eigenvalue weighted by Crippen LogP contribution is 2.17. The number of rotatable bonds is 7. The maximum atomic E-state index is 3.62. The second kappa shape index (κ2) is 8.40. The Morgan fingerprint density at radius 3 is 2.24 bits per heavy atom. The Balaban J connectivity index is 1.79. The summed E-state index contributed by atoms with van der Waals surface area (Å²) in [6.45, 7) is 13.7. The van der Waals surface area contributed by atoms with Crippen LogP contribution in [-0.4, -0.2) is 50.2 Å². The summed E-state index contributed by atoms with van der Waals surface area (Å²) in [5.41, 5.74) is 1.36. The smallest absolute Gasteiger partial charge is 0.0367 e. The lowest BCUT2D eigenvalue weighted by Gasteiger charge is -2.40. The van der Waals surface area contributed by atoms with Gasteiger partial charge in [-0.1, -0.05) is 39.0 Å². The van der Waals surface area contributed by atoms with Crippen LogP contribution in [0.25, 0.3) is 0 Å². The Hall–Kier alpha value is -1.06. The first-order chi connectivity index (χ1) is 10.2. The molecule has 0 spiro atoms. The summed E-state index contributed by atoms with van der Waals surface area (Å²) in [7, 11) is 0. The monoisotopic (exact) mass is 289 g/mol. The molecule has 1 aliphatic heterocycles. The molecule has 1 aliphatic rings. The molecule has 1 atom stereocenters. The molecule has 0 aromatic heterocycles. The number of benzene rings is 1. The number of nitrogens with zero attached hydrogens (tertiary/aromatic N) is 2. The molecule has 0 radical (unpaired) electrons. The third kappa shape index (κ3) is 5.01. The van der Waals surface area contributed by atoms with E-state index in [2.05, 4.69) is 66.2 Å². The molecular formula is C18H31N3. The molecule has 118 valence electrons. The fraction of sp³-hybridized carbons (Fsp3) is 0.667. The third-order valence-corrected chi connectivity index (χ3v) is 4.36. The summed E-state index contributed by atoms with van der Waals surface area (Å²) in [6.07, 6.45) is 1.23. The summed E-state index contributed by atoms with van der Waals surface area (Å²) in [4.78, 5) is 5.16. The zero-order valence-corrected chi connectivity index (χ0v) is 13.9. The van der Waals surface area contributed by atoms with Crippen LogP contribution in [0, 0.1) is 5.92 Å². The minimum atomic E-state index is 0.682. The van der Waals surface area contributed by atoms with Gasteiger partial charge in [-0.25, -0.2) is 0 Å². The quantitative estimate of drug-likeness (QED) is 0.833. The first-order valence-electron chi connectivity index (χ1n) is 8.45. The Morgan fingerprint density at radius 2 is 1.67 bits per heavy atom. The first-order valence-corrected chi connectivity index (χ1v) is 8.45. The van der Waals surface area contributed by atoms with Crippen molar-refractivity contribution in [1.29, 1.82) is 0 Å². The summed E-state index contributed by atoms with van der Waals surface area (Å²) < 4.78 is 0. The maximum absolute atomic E-state index is 3.62. The minimum absolute atomic E-state index is 0.682. The van der Waals surface area contributed by atoms with E-state index in [1.165, 1.54) is 25.2 Å². The van der Waals surface area contributed by atoms with Gasteiger partial charge < -0.3 is 10.2 Å². The van der Waals surface area contributed by atoms with E-state index in [1.807, 2.05) is 0 Å². The normalized spacial score (nSPS) is 18.2. The molecule has 1 fully saturated rings. The molecule has 1 saturated heterocycles. The van der Waals surface area contributed by atoms with Gasteiger partial charge in [0.25, 0.3) is 0 Å². The Morgan fingerprint density at radius 1 is 1.00 bits per heavy atom. The van der Waals surface area contributed by atoms with Crippen molar-refractivity contribution in [2.45, 2.75) is 33.2 Å². The Kier molecular flexibility index (Phi) is 6.52. The second-order valence-corrected chi connectivity index (χ2v) is 6.47. The first kappa shape index (κ1) is 16.3. The van der Waals surface area contributed by atoms with Gasteiger partial charge in [-0.3, -0.25) is 4.90 Å². The van der Waals surface area contributed by atoms with Crippen molar-refractivity contribution in [2.75, 3.05) is 44.2 Å². The lowest BCUT2D eigenvalue weighted by atomic mass is 10.1. The minimum Gasteiger partial charge on any atom is -0.369 e. The average molecular weight is 289 g/mol. The van der Waals surface area contributed by atoms with Crippen molar-refractivity contribution >= 4 is 5.69 Å². The van der Waals surface area contributed by atoms with E-state index in [1.54, 1.807) is 0 Å². The van der Waals surface area contributed by atoms with Crippen molar-refractivity contribution in [3.63, 3.8) is 0 Å². The second-order valence-electron chi connectivity index (χ2n) is 6.47. The van der Waals surface area contributed by atoms with Gasteiger partial charge in [-0.05, 0) is 31.0 Å². The molecule has 1 unspecified atom stereocenters.